The number of hydrogen-bond donors (Lipinski definition) is 5. The Balaban J connectivity index is 2.33. The molecule has 124 valence electrons. The van der Waals surface area contributed by atoms with Crippen LogP contribution in [0, 0.1) is 0 Å². The number of phenolic OH excluding ortho intramolecular Hbond substituents is 2. The van der Waals surface area contributed by atoms with Crippen LogP contribution in [0.15, 0.2) is 36.4 Å². The minimum atomic E-state index is -1.24. The molecule has 0 bridgehead atoms. The fraction of sp³-hybridized carbons (Fsp3) is 0.0625. The van der Waals surface area contributed by atoms with Crippen LogP contribution in [0.4, 0.5) is 5.69 Å². The number of para-hydroxylation sites is 1. The first-order chi connectivity index (χ1) is 11.3. The van der Waals surface area contributed by atoms with Gasteiger partial charge in [0.05, 0.1) is 23.2 Å². The zero-order valence-corrected chi connectivity index (χ0v) is 12.2. The molecule has 5 N–H and O–H groups in total. The highest BCUT2D eigenvalue weighted by molar-refractivity contribution is 6.09. The molecule has 0 heterocycles. The number of hydrogen-bond acceptors (Lipinski definition) is 5. The molecule has 0 atom stereocenters. The smallest absolute Gasteiger partial charge is 0.337 e. The van der Waals surface area contributed by atoms with Gasteiger partial charge in [-0.3, -0.25) is 9.59 Å². The molecule has 0 aliphatic heterocycles. The minimum absolute atomic E-state index is 0.0171. The number of amides is 1. The molecule has 0 saturated heterocycles. The molecule has 0 unspecified atom stereocenters. The summed E-state index contributed by atoms with van der Waals surface area (Å²) in [5.74, 6) is -4.30. The molecule has 0 aliphatic carbocycles. The van der Waals surface area contributed by atoms with Crippen molar-refractivity contribution in [3.05, 3.63) is 53.1 Å². The van der Waals surface area contributed by atoms with Crippen LogP contribution >= 0.6 is 0 Å². The number of carboxylic acids is 2. The summed E-state index contributed by atoms with van der Waals surface area (Å²) in [5, 5.41) is 39.8. The lowest BCUT2D eigenvalue weighted by Crippen LogP contribution is -2.15. The van der Waals surface area contributed by atoms with Crippen molar-refractivity contribution in [2.45, 2.75) is 6.42 Å². The van der Waals surface area contributed by atoms with Crippen molar-refractivity contribution in [1.29, 1.82) is 0 Å². The van der Waals surface area contributed by atoms with Gasteiger partial charge >= 0.3 is 11.9 Å². The van der Waals surface area contributed by atoms with Gasteiger partial charge in [-0.25, -0.2) is 4.79 Å². The third-order valence-corrected chi connectivity index (χ3v) is 3.19. The van der Waals surface area contributed by atoms with Gasteiger partial charge in [0, 0.05) is 5.56 Å². The summed E-state index contributed by atoms with van der Waals surface area (Å²) in [6.45, 7) is 0. The Morgan fingerprint density at radius 2 is 1.58 bits per heavy atom. The number of carbonyl (C=O) groups excluding carboxylic acids is 1. The van der Waals surface area contributed by atoms with Gasteiger partial charge in [-0.15, -0.1) is 0 Å². The highest BCUT2D eigenvalue weighted by atomic mass is 16.4. The van der Waals surface area contributed by atoms with Crippen LogP contribution in [0.2, 0.25) is 0 Å². The van der Waals surface area contributed by atoms with E-state index in [-0.39, 0.29) is 22.4 Å². The van der Waals surface area contributed by atoms with Crippen molar-refractivity contribution >= 4 is 23.5 Å². The number of nitrogens with one attached hydrogen (secondary N) is 1. The number of carbonyl (C=O) groups is 3. The molecule has 0 spiro atoms. The molecule has 8 nitrogen and oxygen atoms in total. The van der Waals surface area contributed by atoms with Gasteiger partial charge in [0.25, 0.3) is 5.91 Å². The highest BCUT2D eigenvalue weighted by Gasteiger charge is 2.18. The number of aliphatic carboxylic acids is 1. The zero-order chi connectivity index (χ0) is 17.9. The summed E-state index contributed by atoms with van der Waals surface area (Å²) in [7, 11) is 0. The first-order valence-electron chi connectivity index (χ1n) is 6.70. The number of rotatable bonds is 5. The van der Waals surface area contributed by atoms with E-state index in [2.05, 4.69) is 5.32 Å². The van der Waals surface area contributed by atoms with Gasteiger partial charge in [0.1, 0.15) is 11.5 Å². The summed E-state index contributed by atoms with van der Waals surface area (Å²) >= 11 is 0. The summed E-state index contributed by atoms with van der Waals surface area (Å²) in [4.78, 5) is 34.0. The standard InChI is InChI=1S/C16H13NO7/c18-12-7-10(13(19)5-8(12)6-14(20)21)15(22)17-11-4-2-1-3-9(11)16(23)24/h1-5,7,18-19H,6H2,(H,17,22)(H,20,21)(H,23,24). The Bertz CT molecular complexity index is 829. The van der Waals surface area contributed by atoms with Crippen LogP contribution < -0.4 is 5.32 Å². The normalized spacial score (nSPS) is 10.2. The summed E-state index contributed by atoms with van der Waals surface area (Å²) in [6.07, 6.45) is -0.525. The molecular weight excluding hydrogens is 318 g/mol. The number of aromatic carboxylic acids is 1. The second-order valence-corrected chi connectivity index (χ2v) is 4.87. The third kappa shape index (κ3) is 3.61. The van der Waals surface area contributed by atoms with Gasteiger partial charge in [-0.1, -0.05) is 12.1 Å². The molecule has 0 fully saturated rings. The van der Waals surface area contributed by atoms with E-state index >= 15 is 0 Å². The van der Waals surface area contributed by atoms with Crippen LogP contribution in [-0.4, -0.2) is 38.3 Å². The SMILES string of the molecule is O=C(O)Cc1cc(O)c(C(=O)Nc2ccccc2C(=O)O)cc1O. The molecule has 0 saturated carbocycles. The number of phenols is 2. The van der Waals surface area contributed by atoms with E-state index in [0.717, 1.165) is 12.1 Å². The van der Waals surface area contributed by atoms with Crippen molar-refractivity contribution in [3.63, 3.8) is 0 Å². The first-order valence-corrected chi connectivity index (χ1v) is 6.70. The van der Waals surface area contributed by atoms with Crippen LogP contribution in [0.3, 0.4) is 0 Å². The van der Waals surface area contributed by atoms with Gasteiger partial charge < -0.3 is 25.7 Å². The van der Waals surface area contributed by atoms with Gasteiger partial charge in [-0.2, -0.15) is 0 Å². The Morgan fingerprint density at radius 3 is 2.21 bits per heavy atom. The van der Waals surface area contributed by atoms with Crippen molar-refractivity contribution < 1.29 is 34.8 Å². The highest BCUT2D eigenvalue weighted by Crippen LogP contribution is 2.28. The lowest BCUT2D eigenvalue weighted by atomic mass is 10.1. The van der Waals surface area contributed by atoms with E-state index in [1.165, 1.54) is 24.3 Å². The topological polar surface area (TPSA) is 144 Å². The summed E-state index contributed by atoms with van der Waals surface area (Å²) in [6, 6.07) is 7.58. The van der Waals surface area contributed by atoms with E-state index in [0.29, 0.717) is 0 Å². The fourth-order valence-corrected chi connectivity index (χ4v) is 2.07. The average molecular weight is 331 g/mol. The first kappa shape index (κ1) is 16.8. The number of aromatic hydroxyl groups is 2. The van der Waals surface area contributed by atoms with Crippen LogP contribution in [0.25, 0.3) is 0 Å². The fourth-order valence-electron chi connectivity index (χ4n) is 2.07. The van der Waals surface area contributed by atoms with Crippen molar-refractivity contribution in [1.82, 2.24) is 0 Å². The lowest BCUT2D eigenvalue weighted by molar-refractivity contribution is -0.136. The second-order valence-electron chi connectivity index (χ2n) is 4.87. The molecule has 0 aromatic heterocycles. The van der Waals surface area contributed by atoms with Gasteiger partial charge in [0.15, 0.2) is 0 Å². The average Bonchev–Trinajstić information content (AvgIpc) is 2.50. The monoisotopic (exact) mass is 331 g/mol. The van der Waals surface area contributed by atoms with Crippen molar-refractivity contribution in [2.75, 3.05) is 5.32 Å². The van der Waals surface area contributed by atoms with Crippen LogP contribution in [-0.2, 0) is 11.2 Å². The summed E-state index contributed by atoms with van der Waals surface area (Å²) in [5.41, 5.74) is -0.495. The Morgan fingerprint density at radius 1 is 0.917 bits per heavy atom. The maximum Gasteiger partial charge on any atom is 0.337 e. The minimum Gasteiger partial charge on any atom is -0.508 e. The Kier molecular flexibility index (Phi) is 4.69. The maximum atomic E-state index is 12.2. The predicted octanol–water partition coefficient (Wildman–Crippen LogP) is 1.68. The largest absolute Gasteiger partial charge is 0.508 e. The molecule has 2 aromatic rings. The number of anilines is 1. The van der Waals surface area contributed by atoms with Gasteiger partial charge in [0.2, 0.25) is 0 Å². The predicted molar refractivity (Wildman–Crippen MR) is 82.5 cm³/mol. The quantitative estimate of drug-likeness (QED) is 0.524. The van der Waals surface area contributed by atoms with E-state index in [1.54, 1.807) is 0 Å². The lowest BCUT2D eigenvalue weighted by Gasteiger charge is -2.11. The molecule has 0 aliphatic rings. The number of carboxylic acid groups (broad SMARTS) is 2. The third-order valence-electron chi connectivity index (χ3n) is 3.19. The van der Waals surface area contributed by atoms with Crippen LogP contribution in [0.1, 0.15) is 26.3 Å². The molecule has 2 rings (SSSR count). The molecule has 0 radical (unpaired) electrons. The number of benzene rings is 2. The molecule has 1 amide bonds. The molecule has 2 aromatic carbocycles. The molecule has 8 heteroatoms. The zero-order valence-electron chi connectivity index (χ0n) is 12.2. The van der Waals surface area contributed by atoms with Crippen molar-refractivity contribution in [2.24, 2.45) is 0 Å². The van der Waals surface area contributed by atoms with Crippen molar-refractivity contribution in [3.8, 4) is 11.5 Å². The van der Waals surface area contributed by atoms with E-state index < -0.39 is 35.8 Å². The van der Waals surface area contributed by atoms with E-state index in [4.69, 9.17) is 10.2 Å². The summed E-state index contributed by atoms with van der Waals surface area (Å²) < 4.78 is 0. The molecular formula is C16H13NO7. The van der Waals surface area contributed by atoms with E-state index in [9.17, 15) is 24.6 Å². The molecule has 24 heavy (non-hydrogen) atoms. The van der Waals surface area contributed by atoms with Crippen LogP contribution in [0.5, 0.6) is 11.5 Å². The maximum absolute atomic E-state index is 12.2. The van der Waals surface area contributed by atoms with E-state index in [1.807, 2.05) is 0 Å². The van der Waals surface area contributed by atoms with Gasteiger partial charge in [-0.05, 0) is 24.3 Å². The Labute approximate surface area is 135 Å². The second kappa shape index (κ2) is 6.69. The Hall–Kier alpha value is -3.55.